The van der Waals surface area contributed by atoms with Gasteiger partial charge in [-0.2, -0.15) is 0 Å². The van der Waals surface area contributed by atoms with Gasteiger partial charge in [-0.3, -0.25) is 0 Å². The third-order valence-corrected chi connectivity index (χ3v) is 12.8. The molecule has 6 nitrogen and oxygen atoms in total. The fourth-order valence-corrected chi connectivity index (χ4v) is 9.94. The van der Waals surface area contributed by atoms with Crippen LogP contribution in [-0.2, 0) is 0 Å². The Labute approximate surface area is 358 Å². The molecule has 0 fully saturated rings. The minimum Gasteiger partial charge on any atom is -0.456 e. The molecule has 0 spiro atoms. The average molecular weight is 805 g/mol. The molecule has 0 saturated carbocycles. The summed E-state index contributed by atoms with van der Waals surface area (Å²) in [5.41, 5.74) is 8.94. The van der Waals surface area contributed by atoms with Gasteiger partial charge in [0.1, 0.15) is 16.7 Å². The van der Waals surface area contributed by atoms with Crippen molar-refractivity contribution in [2.45, 2.75) is 0 Å². The number of fused-ring (bicyclic) bond motifs is 13. The Kier molecular flexibility index (Phi) is 7.02. The van der Waals surface area contributed by atoms with Crippen molar-refractivity contribution < 1.29 is 8.83 Å². The van der Waals surface area contributed by atoms with E-state index in [1.54, 1.807) is 0 Å². The van der Waals surface area contributed by atoms with Crippen LogP contribution < -0.4 is 0 Å². The molecule has 0 aliphatic rings. The number of hydrogen-bond donors (Lipinski definition) is 0. The third-order valence-electron chi connectivity index (χ3n) is 12.8. The van der Waals surface area contributed by atoms with Gasteiger partial charge in [-0.25, -0.2) is 15.0 Å². The lowest BCUT2D eigenvalue weighted by molar-refractivity contribution is 0.666. The lowest BCUT2D eigenvalue weighted by Crippen LogP contribution is -2.01. The van der Waals surface area contributed by atoms with E-state index in [-0.39, 0.29) is 0 Å². The van der Waals surface area contributed by atoms with Gasteiger partial charge >= 0.3 is 0 Å². The molecule has 0 amide bonds. The number of furan rings is 2. The molecule has 0 saturated heterocycles. The van der Waals surface area contributed by atoms with E-state index in [1.165, 1.54) is 32.3 Å². The van der Waals surface area contributed by atoms with Crippen LogP contribution in [0.4, 0.5) is 0 Å². The van der Waals surface area contributed by atoms with Gasteiger partial charge in [0.05, 0.1) is 16.7 Å². The first-order valence-electron chi connectivity index (χ1n) is 21.2. The van der Waals surface area contributed by atoms with E-state index >= 15 is 0 Å². The van der Waals surface area contributed by atoms with E-state index in [0.29, 0.717) is 17.5 Å². The molecule has 0 unspecified atom stereocenters. The maximum Gasteiger partial charge on any atom is 0.164 e. The van der Waals surface area contributed by atoms with Crippen molar-refractivity contribution in [3.05, 3.63) is 194 Å². The monoisotopic (exact) mass is 804 g/mol. The molecule has 0 radical (unpaired) electrons. The van der Waals surface area contributed by atoms with Gasteiger partial charge in [-0.1, -0.05) is 140 Å². The number of rotatable bonds is 4. The van der Waals surface area contributed by atoms with Crippen molar-refractivity contribution >= 4 is 98.0 Å². The van der Waals surface area contributed by atoms with Gasteiger partial charge < -0.3 is 13.4 Å². The minimum atomic E-state index is 0.551. The smallest absolute Gasteiger partial charge is 0.164 e. The fraction of sp³-hybridized carbons (Fsp3) is 0. The first-order valence-corrected chi connectivity index (χ1v) is 21.2. The van der Waals surface area contributed by atoms with Crippen LogP contribution in [0.25, 0.3) is 138 Å². The molecule has 14 rings (SSSR count). The minimum absolute atomic E-state index is 0.551. The van der Waals surface area contributed by atoms with Crippen LogP contribution >= 0.6 is 0 Å². The molecule has 0 aliphatic heterocycles. The summed E-state index contributed by atoms with van der Waals surface area (Å²) in [4.78, 5) is 15.9. The molecule has 63 heavy (non-hydrogen) atoms. The largest absolute Gasteiger partial charge is 0.456 e. The zero-order valence-electron chi connectivity index (χ0n) is 33.6. The van der Waals surface area contributed by atoms with Gasteiger partial charge in [-0.05, 0) is 86.9 Å². The van der Waals surface area contributed by atoms with Crippen molar-refractivity contribution in [1.29, 1.82) is 0 Å². The summed E-state index contributed by atoms with van der Waals surface area (Å²) >= 11 is 0. The quantitative estimate of drug-likeness (QED) is 0.177. The molecule has 0 bridgehead atoms. The first kappa shape index (κ1) is 34.1. The molecule has 14 aromatic rings. The maximum atomic E-state index is 7.00. The molecule has 292 valence electrons. The Morgan fingerprint density at radius 2 is 0.952 bits per heavy atom. The van der Waals surface area contributed by atoms with Crippen LogP contribution in [-0.4, -0.2) is 19.5 Å². The summed E-state index contributed by atoms with van der Waals surface area (Å²) in [6, 6.07) is 68.0. The van der Waals surface area contributed by atoms with Crippen LogP contribution in [0.15, 0.2) is 203 Å². The molecule has 0 atom stereocenters. The van der Waals surface area contributed by atoms with Gasteiger partial charge in [0.2, 0.25) is 0 Å². The molecule has 4 aromatic heterocycles. The first-order chi connectivity index (χ1) is 31.2. The zero-order valence-corrected chi connectivity index (χ0v) is 33.6. The van der Waals surface area contributed by atoms with Crippen molar-refractivity contribution in [2.24, 2.45) is 0 Å². The number of benzene rings is 10. The second kappa shape index (κ2) is 12.9. The highest BCUT2D eigenvalue weighted by Gasteiger charge is 2.24. The Hall–Kier alpha value is -8.61. The lowest BCUT2D eigenvalue weighted by atomic mass is 10.0. The third kappa shape index (κ3) is 5.03. The van der Waals surface area contributed by atoms with E-state index in [2.05, 4.69) is 162 Å². The van der Waals surface area contributed by atoms with Crippen LogP contribution in [0.5, 0.6) is 0 Å². The topological polar surface area (TPSA) is 69.9 Å². The van der Waals surface area contributed by atoms with Crippen LogP contribution in [0.3, 0.4) is 0 Å². The predicted octanol–water partition coefficient (Wildman–Crippen LogP) is 15.2. The van der Waals surface area contributed by atoms with E-state index < -0.39 is 0 Å². The van der Waals surface area contributed by atoms with Gasteiger partial charge in [-0.15, -0.1) is 0 Å². The summed E-state index contributed by atoms with van der Waals surface area (Å²) in [5, 5.41) is 13.4. The van der Waals surface area contributed by atoms with Crippen molar-refractivity contribution in [1.82, 2.24) is 19.5 Å². The van der Waals surface area contributed by atoms with Gasteiger partial charge in [0.25, 0.3) is 0 Å². The number of nitrogens with zero attached hydrogens (tertiary/aromatic N) is 4. The highest BCUT2D eigenvalue weighted by molar-refractivity contribution is 6.24. The molecule has 4 heterocycles. The standard InChI is InChI=1S/C57H32N4O2/c1-2-15-36-31-48-45(30-35(36)14-1)52-39-18-6-4-13-34(39)25-28-46(52)61(48)47-29-27-44(53-43-20-8-10-23-50(43)63-54(47)53)57-59-55(37-24-26-41-40-19-7-9-22-49(40)62-51(41)32-37)58-56(60-57)42-21-11-16-33-12-3-5-17-38(33)42/h1-32H. The van der Waals surface area contributed by atoms with E-state index in [9.17, 15) is 0 Å². The van der Waals surface area contributed by atoms with E-state index in [0.717, 1.165) is 88.1 Å². The Balaban J connectivity index is 1.07. The summed E-state index contributed by atoms with van der Waals surface area (Å²) in [6.07, 6.45) is 0. The van der Waals surface area contributed by atoms with E-state index in [4.69, 9.17) is 23.8 Å². The lowest BCUT2D eigenvalue weighted by Gasteiger charge is -2.13. The molecule has 0 aliphatic carbocycles. The van der Waals surface area contributed by atoms with Gasteiger partial charge in [0, 0.05) is 49.0 Å². The maximum absolute atomic E-state index is 7.00. The Morgan fingerprint density at radius 1 is 0.333 bits per heavy atom. The van der Waals surface area contributed by atoms with Crippen LogP contribution in [0, 0.1) is 0 Å². The highest BCUT2D eigenvalue weighted by atomic mass is 16.3. The second-order valence-electron chi connectivity index (χ2n) is 16.3. The zero-order chi connectivity index (χ0) is 41.2. The van der Waals surface area contributed by atoms with Gasteiger partial charge in [0.15, 0.2) is 23.1 Å². The number of aromatic nitrogens is 4. The second-order valence-corrected chi connectivity index (χ2v) is 16.3. The fourth-order valence-electron chi connectivity index (χ4n) is 9.94. The number of para-hydroxylation sites is 2. The summed E-state index contributed by atoms with van der Waals surface area (Å²) in [6.45, 7) is 0. The molecular weight excluding hydrogens is 773 g/mol. The molecule has 6 heteroatoms. The Bertz CT molecular complexity index is 4230. The molecular formula is C57H32N4O2. The van der Waals surface area contributed by atoms with Crippen molar-refractivity contribution in [2.75, 3.05) is 0 Å². The highest BCUT2D eigenvalue weighted by Crippen LogP contribution is 2.44. The summed E-state index contributed by atoms with van der Waals surface area (Å²) < 4.78 is 15.7. The van der Waals surface area contributed by atoms with Crippen molar-refractivity contribution in [3.63, 3.8) is 0 Å². The molecule has 10 aromatic carbocycles. The Morgan fingerprint density at radius 3 is 1.78 bits per heavy atom. The normalized spacial score (nSPS) is 12.1. The van der Waals surface area contributed by atoms with Crippen LogP contribution in [0.1, 0.15) is 0 Å². The SMILES string of the molecule is c1ccc2cc3c(cc2c1)c1c2ccccc2ccc1n3-c1ccc(-c2nc(-c3ccc4c(c3)oc3ccccc34)nc(-c3cccc4ccccc34)n2)c2c1oc1ccccc12. The number of hydrogen-bond acceptors (Lipinski definition) is 5. The van der Waals surface area contributed by atoms with Crippen LogP contribution in [0.2, 0.25) is 0 Å². The average Bonchev–Trinajstić information content (AvgIpc) is 4.02. The predicted molar refractivity (Wildman–Crippen MR) is 258 cm³/mol. The van der Waals surface area contributed by atoms with Crippen molar-refractivity contribution in [3.8, 4) is 39.9 Å². The van der Waals surface area contributed by atoms with E-state index in [1.807, 2.05) is 36.4 Å². The summed E-state index contributed by atoms with van der Waals surface area (Å²) in [7, 11) is 0. The molecule has 0 N–H and O–H groups in total. The summed E-state index contributed by atoms with van der Waals surface area (Å²) in [5.74, 6) is 1.69.